The van der Waals surface area contributed by atoms with Gasteiger partial charge < -0.3 is 10.3 Å². The Morgan fingerprint density at radius 3 is 2.76 bits per heavy atom. The normalized spacial score (nSPS) is 17.7. The number of fused-ring (bicyclic) bond motifs is 1. The number of hydrogen-bond donors (Lipinski definition) is 1. The van der Waals surface area contributed by atoms with Crippen molar-refractivity contribution in [2.75, 3.05) is 5.73 Å². The van der Waals surface area contributed by atoms with Crippen molar-refractivity contribution in [3.8, 4) is 0 Å². The first kappa shape index (κ1) is 10.5. The zero-order valence-corrected chi connectivity index (χ0v) is 10.1. The summed E-state index contributed by atoms with van der Waals surface area (Å²) in [6, 6.07) is 0. The minimum absolute atomic E-state index is 0.477. The van der Waals surface area contributed by atoms with Crippen LogP contribution in [0.4, 0.5) is 5.82 Å². The predicted octanol–water partition coefficient (Wildman–Crippen LogP) is 1.99. The van der Waals surface area contributed by atoms with E-state index in [0.717, 1.165) is 11.5 Å². The smallest absolute Gasteiger partial charge is 0.165 e. The number of aromatic nitrogens is 4. The zero-order valence-electron chi connectivity index (χ0n) is 10.1. The lowest BCUT2D eigenvalue weighted by Crippen LogP contribution is -2.11. The summed E-state index contributed by atoms with van der Waals surface area (Å²) in [5.41, 5.74) is 7.51. The summed E-state index contributed by atoms with van der Waals surface area (Å²) in [5.74, 6) is 1.89. The van der Waals surface area contributed by atoms with Crippen LogP contribution in [0.2, 0.25) is 0 Å². The molecule has 2 heterocycles. The molecule has 0 radical (unpaired) electrons. The molecule has 3 rings (SSSR count). The molecule has 0 bridgehead atoms. The van der Waals surface area contributed by atoms with Crippen LogP contribution in [-0.2, 0) is 7.05 Å². The lowest BCUT2D eigenvalue weighted by molar-refractivity contribution is 0.429. The molecule has 0 aromatic carbocycles. The summed E-state index contributed by atoms with van der Waals surface area (Å²) in [6.45, 7) is 0. The third kappa shape index (κ3) is 1.75. The van der Waals surface area contributed by atoms with E-state index in [0.29, 0.717) is 17.3 Å². The van der Waals surface area contributed by atoms with Gasteiger partial charge in [-0.05, 0) is 12.8 Å². The average molecular weight is 231 g/mol. The standard InChI is InChI=1S/C12H17N5/c1-17-7-14-9-10(13)15-11(16-12(9)17)8-5-3-2-4-6-8/h7-8H,2-6H2,1H3,(H2,13,15,16). The van der Waals surface area contributed by atoms with Crippen LogP contribution in [0.15, 0.2) is 6.33 Å². The fourth-order valence-corrected chi connectivity index (χ4v) is 2.59. The topological polar surface area (TPSA) is 69.6 Å². The number of nitrogen functional groups attached to an aromatic ring is 1. The van der Waals surface area contributed by atoms with E-state index in [9.17, 15) is 0 Å². The largest absolute Gasteiger partial charge is 0.382 e. The molecule has 0 amide bonds. The Morgan fingerprint density at radius 1 is 1.24 bits per heavy atom. The van der Waals surface area contributed by atoms with Crippen molar-refractivity contribution in [2.45, 2.75) is 38.0 Å². The summed E-state index contributed by atoms with van der Waals surface area (Å²) in [7, 11) is 1.94. The summed E-state index contributed by atoms with van der Waals surface area (Å²) >= 11 is 0. The first-order chi connectivity index (χ1) is 8.25. The van der Waals surface area contributed by atoms with Crippen molar-refractivity contribution in [3.63, 3.8) is 0 Å². The molecule has 0 atom stereocenters. The van der Waals surface area contributed by atoms with E-state index in [-0.39, 0.29) is 0 Å². The minimum Gasteiger partial charge on any atom is -0.382 e. The lowest BCUT2D eigenvalue weighted by Gasteiger charge is -2.20. The minimum atomic E-state index is 0.477. The Hall–Kier alpha value is -1.65. The number of anilines is 1. The van der Waals surface area contributed by atoms with Gasteiger partial charge in [0.25, 0.3) is 0 Å². The molecule has 2 aromatic heterocycles. The number of nitrogens with two attached hydrogens (primary N) is 1. The maximum Gasteiger partial charge on any atom is 0.165 e. The monoisotopic (exact) mass is 231 g/mol. The summed E-state index contributed by atoms with van der Waals surface area (Å²) in [4.78, 5) is 13.3. The van der Waals surface area contributed by atoms with E-state index in [2.05, 4.69) is 15.0 Å². The van der Waals surface area contributed by atoms with Crippen molar-refractivity contribution in [2.24, 2.45) is 7.05 Å². The first-order valence-electron chi connectivity index (χ1n) is 6.20. The highest BCUT2D eigenvalue weighted by Crippen LogP contribution is 2.31. The van der Waals surface area contributed by atoms with Crippen LogP contribution in [0.1, 0.15) is 43.8 Å². The fraction of sp³-hybridized carbons (Fsp3) is 0.583. The molecular formula is C12H17N5. The molecule has 0 aliphatic heterocycles. The van der Waals surface area contributed by atoms with E-state index >= 15 is 0 Å². The molecular weight excluding hydrogens is 214 g/mol. The van der Waals surface area contributed by atoms with Gasteiger partial charge in [0, 0.05) is 13.0 Å². The number of nitrogens with zero attached hydrogens (tertiary/aromatic N) is 4. The maximum atomic E-state index is 5.95. The van der Waals surface area contributed by atoms with Gasteiger partial charge in [0.1, 0.15) is 11.3 Å². The third-order valence-corrected chi connectivity index (χ3v) is 3.57. The number of hydrogen-bond acceptors (Lipinski definition) is 4. The molecule has 0 unspecified atom stereocenters. The number of aryl methyl sites for hydroxylation is 1. The predicted molar refractivity (Wildman–Crippen MR) is 66.5 cm³/mol. The van der Waals surface area contributed by atoms with E-state index in [1.54, 1.807) is 6.33 Å². The summed E-state index contributed by atoms with van der Waals surface area (Å²) in [6.07, 6.45) is 7.99. The molecule has 0 spiro atoms. The van der Waals surface area contributed by atoms with Crippen molar-refractivity contribution in [3.05, 3.63) is 12.2 Å². The van der Waals surface area contributed by atoms with Gasteiger partial charge in [-0.2, -0.15) is 0 Å². The Kier molecular flexibility index (Phi) is 2.46. The van der Waals surface area contributed by atoms with E-state index in [4.69, 9.17) is 5.73 Å². The van der Waals surface area contributed by atoms with Crippen LogP contribution >= 0.6 is 0 Å². The SMILES string of the molecule is Cn1cnc2c(N)nc(C3CCCCC3)nc21. The van der Waals surface area contributed by atoms with Crippen molar-refractivity contribution in [1.82, 2.24) is 19.5 Å². The highest BCUT2D eigenvalue weighted by molar-refractivity contribution is 5.81. The van der Waals surface area contributed by atoms with Gasteiger partial charge in [0.2, 0.25) is 0 Å². The molecule has 0 saturated heterocycles. The van der Waals surface area contributed by atoms with E-state index in [1.165, 1.54) is 32.1 Å². The quantitative estimate of drug-likeness (QED) is 0.814. The maximum absolute atomic E-state index is 5.95. The molecule has 1 fully saturated rings. The molecule has 5 heteroatoms. The number of rotatable bonds is 1. The number of imidazole rings is 1. The van der Waals surface area contributed by atoms with Gasteiger partial charge in [-0.3, -0.25) is 0 Å². The fourth-order valence-electron chi connectivity index (χ4n) is 2.59. The molecule has 5 nitrogen and oxygen atoms in total. The van der Waals surface area contributed by atoms with Crippen LogP contribution in [0.25, 0.3) is 11.2 Å². The first-order valence-corrected chi connectivity index (χ1v) is 6.20. The van der Waals surface area contributed by atoms with Gasteiger partial charge >= 0.3 is 0 Å². The Balaban J connectivity index is 2.07. The second-order valence-electron chi connectivity index (χ2n) is 4.83. The van der Waals surface area contributed by atoms with Crippen molar-refractivity contribution < 1.29 is 0 Å². The third-order valence-electron chi connectivity index (χ3n) is 3.57. The Bertz CT molecular complexity index is 539. The highest BCUT2D eigenvalue weighted by atomic mass is 15.1. The highest BCUT2D eigenvalue weighted by Gasteiger charge is 2.20. The second kappa shape index (κ2) is 3.98. The van der Waals surface area contributed by atoms with Crippen molar-refractivity contribution >= 4 is 17.0 Å². The zero-order chi connectivity index (χ0) is 11.8. The molecule has 1 saturated carbocycles. The van der Waals surface area contributed by atoms with Crippen LogP contribution < -0.4 is 5.73 Å². The molecule has 2 aromatic rings. The van der Waals surface area contributed by atoms with Crippen LogP contribution in [0.5, 0.6) is 0 Å². The Morgan fingerprint density at radius 2 is 2.00 bits per heavy atom. The lowest BCUT2D eigenvalue weighted by atomic mass is 9.89. The van der Waals surface area contributed by atoms with Gasteiger partial charge in [-0.1, -0.05) is 19.3 Å². The van der Waals surface area contributed by atoms with Crippen LogP contribution in [-0.4, -0.2) is 19.5 Å². The van der Waals surface area contributed by atoms with Gasteiger partial charge in [0.05, 0.1) is 6.33 Å². The van der Waals surface area contributed by atoms with E-state index < -0.39 is 0 Å². The van der Waals surface area contributed by atoms with Crippen LogP contribution in [0.3, 0.4) is 0 Å². The molecule has 90 valence electrons. The second-order valence-corrected chi connectivity index (χ2v) is 4.83. The molecule has 17 heavy (non-hydrogen) atoms. The van der Waals surface area contributed by atoms with Crippen molar-refractivity contribution in [1.29, 1.82) is 0 Å². The van der Waals surface area contributed by atoms with Crippen LogP contribution in [0, 0.1) is 0 Å². The van der Waals surface area contributed by atoms with Gasteiger partial charge in [-0.25, -0.2) is 15.0 Å². The molecule has 2 N–H and O–H groups in total. The summed E-state index contributed by atoms with van der Waals surface area (Å²) in [5, 5.41) is 0. The molecule has 1 aliphatic rings. The van der Waals surface area contributed by atoms with Gasteiger partial charge in [-0.15, -0.1) is 0 Å². The summed E-state index contributed by atoms with van der Waals surface area (Å²) < 4.78 is 1.90. The molecule has 1 aliphatic carbocycles. The van der Waals surface area contributed by atoms with Gasteiger partial charge in [0.15, 0.2) is 11.5 Å². The average Bonchev–Trinajstić information content (AvgIpc) is 2.73. The van der Waals surface area contributed by atoms with E-state index in [1.807, 2.05) is 11.6 Å². The Labute approximate surface area is 100 Å².